The van der Waals surface area contributed by atoms with E-state index >= 15 is 0 Å². The number of nitrogens with one attached hydrogen (secondary N) is 1. The average Bonchev–Trinajstić information content (AvgIpc) is 3.90. The highest BCUT2D eigenvalue weighted by atomic mass is 16.5. The van der Waals surface area contributed by atoms with Crippen LogP contribution in [0.25, 0.3) is 61.4 Å². The standard InChI is InChI=1S/C37H26N2O.C15H14N2/c1-23-10-9-13-25(18-23)39-32-16-7-5-14-26(32)28-19-34-29(20-33(28)39)30-22-37-31(27-15-6-8-17-36(27)40-37)21-35(30)38(34)24-11-3-2-4-12-24;16-14(12-7-3-1-4-8-12)11-15(17)13-9-5-2-6-10-13/h2-21,37H,22H2,1H3;1-11,16H,17H2/b;15-11-,16-14?. The van der Waals surface area contributed by atoms with Crippen LogP contribution >= 0.6 is 0 Å². The molecule has 11 rings (SSSR count). The lowest BCUT2D eigenvalue weighted by molar-refractivity contribution is 0.276. The normalized spacial score (nSPS) is 14.3. The van der Waals surface area contributed by atoms with Crippen LogP contribution in [0.4, 0.5) is 0 Å². The Morgan fingerprint density at radius 1 is 0.614 bits per heavy atom. The summed E-state index contributed by atoms with van der Waals surface area (Å²) < 4.78 is 11.4. The molecule has 2 aliphatic rings. The molecule has 1 atom stereocenters. The number of rotatable bonds is 5. The minimum Gasteiger partial charge on any atom is -0.485 e. The zero-order chi connectivity index (χ0) is 38.5. The second-order valence-corrected chi connectivity index (χ2v) is 14.8. The number of ether oxygens (including phenoxy) is 1. The molecule has 3 N–H and O–H groups in total. The molecule has 1 aliphatic heterocycles. The molecule has 2 aromatic heterocycles. The van der Waals surface area contributed by atoms with Gasteiger partial charge in [-0.05, 0) is 89.9 Å². The number of nitrogens with zero attached hydrogens (tertiary/aromatic N) is 2. The lowest BCUT2D eigenvalue weighted by Gasteiger charge is -2.19. The van der Waals surface area contributed by atoms with E-state index < -0.39 is 0 Å². The molecule has 0 saturated carbocycles. The molecular weight excluding hydrogens is 697 g/mol. The van der Waals surface area contributed by atoms with Crippen LogP contribution in [0, 0.1) is 12.3 Å². The van der Waals surface area contributed by atoms with Gasteiger partial charge in [0.2, 0.25) is 0 Å². The Balaban J connectivity index is 0.000000196. The first-order valence-corrected chi connectivity index (χ1v) is 19.4. The van der Waals surface area contributed by atoms with Gasteiger partial charge in [-0.15, -0.1) is 0 Å². The number of allylic oxidation sites excluding steroid dienone is 1. The number of nitrogens with two attached hydrogens (primary N) is 1. The van der Waals surface area contributed by atoms with Gasteiger partial charge in [0.15, 0.2) is 0 Å². The van der Waals surface area contributed by atoms with Gasteiger partial charge >= 0.3 is 0 Å². The number of aryl methyl sites for hydroxylation is 1. The topological polar surface area (TPSA) is 69.0 Å². The lowest BCUT2D eigenvalue weighted by atomic mass is 9.90. The van der Waals surface area contributed by atoms with Crippen molar-refractivity contribution in [1.29, 1.82) is 5.41 Å². The van der Waals surface area contributed by atoms with Crippen molar-refractivity contribution in [3.05, 3.63) is 216 Å². The maximum Gasteiger partial charge on any atom is 0.129 e. The number of aromatic nitrogens is 2. The number of fused-ring (bicyclic) bond motifs is 9. The summed E-state index contributed by atoms with van der Waals surface area (Å²) in [4.78, 5) is 0. The summed E-state index contributed by atoms with van der Waals surface area (Å²) in [5, 5.41) is 11.8. The molecule has 9 aromatic rings. The fraction of sp³-hybridized carbons (Fsp3) is 0.0577. The minimum absolute atomic E-state index is 0.0399. The number of benzene rings is 7. The fourth-order valence-corrected chi connectivity index (χ4v) is 8.52. The van der Waals surface area contributed by atoms with Crippen LogP contribution in [0.15, 0.2) is 182 Å². The Morgan fingerprint density at radius 3 is 2.02 bits per heavy atom. The zero-order valence-corrected chi connectivity index (χ0v) is 31.6. The summed E-state index contributed by atoms with van der Waals surface area (Å²) in [5.74, 6) is 0.987. The first-order valence-electron chi connectivity index (χ1n) is 19.4. The highest BCUT2D eigenvalue weighted by molar-refractivity contribution is 6.15. The molecule has 0 saturated heterocycles. The van der Waals surface area contributed by atoms with Crippen LogP contribution in [0.1, 0.15) is 33.5 Å². The molecule has 0 fully saturated rings. The van der Waals surface area contributed by atoms with Gasteiger partial charge in [-0.2, -0.15) is 0 Å². The summed E-state index contributed by atoms with van der Waals surface area (Å²) in [5.41, 5.74) is 21.2. The Bertz CT molecular complexity index is 3040. The SMILES string of the molecule is Cc1cccc(-n2c3ccccc3c3cc4c(cc32)c2c(n4-c3ccccc3)C=C3c4ccccc4OC3C2)c1.N=C(/C=C(\N)c1ccccc1)c1ccccc1. The quantitative estimate of drug-likeness (QED) is 0.173. The Morgan fingerprint density at radius 2 is 1.25 bits per heavy atom. The van der Waals surface area contributed by atoms with E-state index in [1.807, 2.05) is 60.7 Å². The second kappa shape index (κ2) is 14.0. The smallest absolute Gasteiger partial charge is 0.129 e. The Kier molecular flexibility index (Phi) is 8.41. The maximum absolute atomic E-state index is 7.95. The van der Waals surface area contributed by atoms with Gasteiger partial charge in [-0.1, -0.05) is 127 Å². The van der Waals surface area contributed by atoms with Crippen LogP contribution in [-0.2, 0) is 6.42 Å². The van der Waals surface area contributed by atoms with Gasteiger partial charge < -0.3 is 25.0 Å². The number of hydrogen-bond donors (Lipinski definition) is 2. The van der Waals surface area contributed by atoms with Gasteiger partial charge in [-0.25, -0.2) is 0 Å². The van der Waals surface area contributed by atoms with E-state index in [9.17, 15) is 0 Å². The highest BCUT2D eigenvalue weighted by Gasteiger charge is 2.35. The van der Waals surface area contributed by atoms with Crippen LogP contribution in [0.5, 0.6) is 5.75 Å². The molecule has 1 unspecified atom stereocenters. The summed E-state index contributed by atoms with van der Waals surface area (Å²) >= 11 is 0. The zero-order valence-electron chi connectivity index (χ0n) is 31.6. The number of para-hydroxylation sites is 3. The third-order valence-corrected chi connectivity index (χ3v) is 11.2. The van der Waals surface area contributed by atoms with Crippen molar-refractivity contribution in [3.63, 3.8) is 0 Å². The fourth-order valence-electron chi connectivity index (χ4n) is 8.52. The van der Waals surface area contributed by atoms with Crippen molar-refractivity contribution in [3.8, 4) is 17.1 Å². The molecule has 1 aliphatic carbocycles. The van der Waals surface area contributed by atoms with Gasteiger partial charge in [0.05, 0.1) is 28.0 Å². The van der Waals surface area contributed by atoms with Crippen molar-refractivity contribution in [2.24, 2.45) is 5.73 Å². The highest BCUT2D eigenvalue weighted by Crippen LogP contribution is 2.47. The average molecular weight is 737 g/mol. The largest absolute Gasteiger partial charge is 0.485 e. The van der Waals surface area contributed by atoms with Gasteiger partial charge in [0, 0.05) is 50.8 Å². The molecule has 0 amide bonds. The van der Waals surface area contributed by atoms with E-state index in [1.165, 1.54) is 72.0 Å². The van der Waals surface area contributed by atoms with Gasteiger partial charge in [-0.3, -0.25) is 0 Å². The van der Waals surface area contributed by atoms with Gasteiger partial charge in [0.1, 0.15) is 11.9 Å². The van der Waals surface area contributed by atoms with E-state index in [0.29, 0.717) is 11.4 Å². The summed E-state index contributed by atoms with van der Waals surface area (Å²) in [6.45, 7) is 2.16. The van der Waals surface area contributed by atoms with Crippen LogP contribution < -0.4 is 10.5 Å². The van der Waals surface area contributed by atoms with E-state index in [4.69, 9.17) is 15.9 Å². The maximum atomic E-state index is 7.95. The molecule has 5 heteroatoms. The molecule has 57 heavy (non-hydrogen) atoms. The summed E-state index contributed by atoms with van der Waals surface area (Å²) in [7, 11) is 0. The summed E-state index contributed by atoms with van der Waals surface area (Å²) in [6, 6.07) is 60.9. The van der Waals surface area contributed by atoms with Gasteiger partial charge in [0.25, 0.3) is 0 Å². The van der Waals surface area contributed by atoms with E-state index in [-0.39, 0.29) is 6.10 Å². The number of hydrogen-bond acceptors (Lipinski definition) is 3. The molecule has 3 heterocycles. The van der Waals surface area contributed by atoms with Crippen LogP contribution in [0.2, 0.25) is 0 Å². The van der Waals surface area contributed by atoms with Crippen molar-refractivity contribution >= 4 is 55.8 Å². The predicted octanol–water partition coefficient (Wildman–Crippen LogP) is 11.9. The monoisotopic (exact) mass is 736 g/mol. The van der Waals surface area contributed by atoms with E-state index in [0.717, 1.165) is 23.3 Å². The predicted molar refractivity (Wildman–Crippen MR) is 237 cm³/mol. The Hall–Kier alpha value is -7.37. The van der Waals surface area contributed by atoms with E-state index in [1.54, 1.807) is 6.08 Å². The van der Waals surface area contributed by atoms with Crippen molar-refractivity contribution in [1.82, 2.24) is 9.13 Å². The second-order valence-electron chi connectivity index (χ2n) is 14.8. The summed E-state index contributed by atoms with van der Waals surface area (Å²) in [6.07, 6.45) is 4.95. The molecule has 0 bridgehead atoms. The Labute approximate surface area is 331 Å². The molecule has 0 radical (unpaired) electrons. The lowest BCUT2D eigenvalue weighted by Crippen LogP contribution is -2.19. The van der Waals surface area contributed by atoms with E-state index in [2.05, 4.69) is 137 Å². The third kappa shape index (κ3) is 6.01. The molecule has 274 valence electrons. The first kappa shape index (κ1) is 34.1. The van der Waals surface area contributed by atoms with Crippen LogP contribution in [0.3, 0.4) is 0 Å². The molecule has 7 aromatic carbocycles. The molecule has 0 spiro atoms. The third-order valence-electron chi connectivity index (χ3n) is 11.2. The van der Waals surface area contributed by atoms with Crippen molar-refractivity contribution in [2.75, 3.05) is 0 Å². The molecular formula is C52H40N4O. The van der Waals surface area contributed by atoms with Crippen LogP contribution in [-0.4, -0.2) is 20.9 Å². The van der Waals surface area contributed by atoms with Crippen molar-refractivity contribution < 1.29 is 4.74 Å². The molecule has 5 nitrogen and oxygen atoms in total. The first-order chi connectivity index (χ1) is 28.0. The minimum atomic E-state index is 0.0399. The van der Waals surface area contributed by atoms with Crippen molar-refractivity contribution in [2.45, 2.75) is 19.4 Å².